The van der Waals surface area contributed by atoms with Crippen LogP contribution in [0.15, 0.2) is 95.9 Å². The van der Waals surface area contributed by atoms with Crippen molar-refractivity contribution in [2.24, 2.45) is 0 Å². The molecule has 11 heteroatoms. The van der Waals surface area contributed by atoms with Gasteiger partial charge in [-0.3, -0.25) is 13.9 Å². The van der Waals surface area contributed by atoms with Crippen molar-refractivity contribution >= 4 is 50.7 Å². The molecule has 4 aromatic carbocycles. The van der Waals surface area contributed by atoms with Crippen LogP contribution in [0.2, 0.25) is 10.0 Å². The van der Waals surface area contributed by atoms with E-state index >= 15 is 0 Å². The molecule has 4 aromatic rings. The van der Waals surface area contributed by atoms with Gasteiger partial charge in [-0.15, -0.1) is 0 Å². The van der Waals surface area contributed by atoms with Crippen molar-refractivity contribution in [1.29, 1.82) is 0 Å². The third-order valence-corrected chi connectivity index (χ3v) is 10.2. The lowest BCUT2D eigenvalue weighted by molar-refractivity contribution is -0.140. The first-order valence-corrected chi connectivity index (χ1v) is 17.4. The Morgan fingerprint density at radius 1 is 0.872 bits per heavy atom. The van der Waals surface area contributed by atoms with Crippen molar-refractivity contribution in [3.8, 4) is 5.75 Å². The lowest BCUT2D eigenvalue weighted by Gasteiger charge is -2.34. The minimum Gasteiger partial charge on any atom is -0.495 e. The Hall–Kier alpha value is -4.05. The van der Waals surface area contributed by atoms with Crippen LogP contribution in [0.25, 0.3) is 0 Å². The van der Waals surface area contributed by atoms with Crippen molar-refractivity contribution in [2.75, 3.05) is 24.5 Å². The molecule has 0 unspecified atom stereocenters. The lowest BCUT2D eigenvalue weighted by Crippen LogP contribution is -2.53. The first-order valence-electron chi connectivity index (χ1n) is 15.2. The summed E-state index contributed by atoms with van der Waals surface area (Å²) in [5.74, 6) is -0.748. The smallest absolute Gasteiger partial charge is 0.264 e. The van der Waals surface area contributed by atoms with E-state index in [1.165, 1.54) is 24.1 Å². The number of methoxy groups -OCH3 is 1. The van der Waals surface area contributed by atoms with Gasteiger partial charge in [-0.2, -0.15) is 0 Å². The first kappa shape index (κ1) is 35.8. The van der Waals surface area contributed by atoms with Crippen molar-refractivity contribution in [1.82, 2.24) is 10.2 Å². The third kappa shape index (κ3) is 8.86. The molecule has 0 spiro atoms. The van der Waals surface area contributed by atoms with Crippen LogP contribution >= 0.6 is 23.2 Å². The van der Waals surface area contributed by atoms with Crippen molar-refractivity contribution in [3.63, 3.8) is 0 Å². The largest absolute Gasteiger partial charge is 0.495 e. The molecular formula is C36H39Cl2N3O5S. The highest BCUT2D eigenvalue weighted by atomic mass is 35.5. The van der Waals surface area contributed by atoms with E-state index in [4.69, 9.17) is 27.9 Å². The lowest BCUT2D eigenvalue weighted by atomic mass is 10.0. The predicted octanol–water partition coefficient (Wildman–Crippen LogP) is 6.98. The summed E-state index contributed by atoms with van der Waals surface area (Å²) in [5.41, 5.74) is 3.08. The van der Waals surface area contributed by atoms with E-state index < -0.39 is 28.5 Å². The van der Waals surface area contributed by atoms with E-state index in [1.807, 2.05) is 51.1 Å². The number of aryl methyl sites for hydroxylation is 2. The molecule has 2 amide bonds. The fraction of sp³-hybridized carbons (Fsp3) is 0.278. The molecule has 0 radical (unpaired) electrons. The molecule has 0 fully saturated rings. The summed E-state index contributed by atoms with van der Waals surface area (Å²) in [6.45, 7) is 5.23. The van der Waals surface area contributed by atoms with Gasteiger partial charge in [-0.1, -0.05) is 90.3 Å². The molecule has 47 heavy (non-hydrogen) atoms. The predicted molar refractivity (Wildman–Crippen MR) is 188 cm³/mol. The SMILES string of the molecule is CCCNC(=O)[C@@H](Cc1ccccc1)N(Cc1c(Cl)cccc1Cl)C(=O)CN(c1cc(C)ccc1OC)S(=O)(=O)c1ccc(C)cc1. The molecule has 1 atom stereocenters. The summed E-state index contributed by atoms with van der Waals surface area (Å²) in [6.07, 6.45) is 0.854. The minimum atomic E-state index is -4.30. The highest BCUT2D eigenvalue weighted by Gasteiger charge is 2.36. The van der Waals surface area contributed by atoms with Gasteiger partial charge in [0.25, 0.3) is 10.0 Å². The van der Waals surface area contributed by atoms with Crippen molar-refractivity contribution in [3.05, 3.63) is 123 Å². The van der Waals surface area contributed by atoms with Gasteiger partial charge in [0.15, 0.2) is 0 Å². The number of nitrogens with one attached hydrogen (secondary N) is 1. The molecule has 0 aliphatic carbocycles. The zero-order valence-corrected chi connectivity index (χ0v) is 29.2. The maximum atomic E-state index is 14.7. The minimum absolute atomic E-state index is 0.00156. The molecule has 0 heterocycles. The quantitative estimate of drug-likeness (QED) is 0.154. The second-order valence-electron chi connectivity index (χ2n) is 11.2. The molecule has 0 aliphatic heterocycles. The average molecular weight is 697 g/mol. The number of hydrogen-bond donors (Lipinski definition) is 1. The summed E-state index contributed by atoms with van der Waals surface area (Å²) >= 11 is 13.2. The van der Waals surface area contributed by atoms with Crippen LogP contribution in [0.3, 0.4) is 0 Å². The summed E-state index contributed by atoms with van der Waals surface area (Å²) in [6, 6.07) is 24.8. The van der Waals surface area contributed by atoms with Gasteiger partial charge in [0, 0.05) is 35.1 Å². The summed E-state index contributed by atoms with van der Waals surface area (Å²) in [7, 11) is -2.87. The molecule has 0 aliphatic rings. The highest BCUT2D eigenvalue weighted by Crippen LogP contribution is 2.34. The van der Waals surface area contributed by atoms with E-state index in [0.29, 0.717) is 28.6 Å². The third-order valence-electron chi connectivity index (χ3n) is 7.70. The van der Waals surface area contributed by atoms with E-state index in [0.717, 1.165) is 21.0 Å². The van der Waals surface area contributed by atoms with Gasteiger partial charge in [-0.05, 0) is 67.8 Å². The number of sulfonamides is 1. The number of carbonyl (C=O) groups is 2. The number of ether oxygens (including phenoxy) is 1. The summed E-state index contributed by atoms with van der Waals surface area (Å²) in [5, 5.41) is 3.55. The Morgan fingerprint density at radius 2 is 1.51 bits per heavy atom. The number of benzene rings is 4. The Morgan fingerprint density at radius 3 is 2.13 bits per heavy atom. The number of rotatable bonds is 14. The number of anilines is 1. The highest BCUT2D eigenvalue weighted by molar-refractivity contribution is 7.92. The summed E-state index contributed by atoms with van der Waals surface area (Å²) < 4.78 is 35.3. The van der Waals surface area contributed by atoms with Gasteiger partial charge in [0.05, 0.1) is 17.7 Å². The Kier molecular flexibility index (Phi) is 12.3. The fourth-order valence-corrected chi connectivity index (χ4v) is 7.05. The molecule has 0 bridgehead atoms. The molecule has 0 aromatic heterocycles. The van der Waals surface area contributed by atoms with Crippen LogP contribution in [0.4, 0.5) is 5.69 Å². The van der Waals surface area contributed by atoms with Gasteiger partial charge in [0.1, 0.15) is 18.3 Å². The molecule has 4 rings (SSSR count). The Balaban J connectivity index is 1.88. The zero-order chi connectivity index (χ0) is 34.1. The molecule has 1 N–H and O–H groups in total. The number of amides is 2. The normalized spacial score (nSPS) is 11.9. The molecule has 248 valence electrons. The second kappa shape index (κ2) is 16.2. The van der Waals surface area contributed by atoms with Crippen LogP contribution < -0.4 is 14.4 Å². The number of halogens is 2. The van der Waals surface area contributed by atoms with Crippen LogP contribution in [-0.2, 0) is 32.6 Å². The average Bonchev–Trinajstić information content (AvgIpc) is 3.05. The van der Waals surface area contributed by atoms with E-state index in [9.17, 15) is 18.0 Å². The molecule has 0 saturated carbocycles. The molecule has 8 nitrogen and oxygen atoms in total. The zero-order valence-electron chi connectivity index (χ0n) is 26.9. The van der Waals surface area contributed by atoms with Crippen molar-refractivity contribution in [2.45, 2.75) is 51.1 Å². The monoisotopic (exact) mass is 695 g/mol. The van der Waals surface area contributed by atoms with Gasteiger partial charge in [-0.25, -0.2) is 8.42 Å². The van der Waals surface area contributed by atoms with Crippen LogP contribution in [-0.4, -0.2) is 51.4 Å². The number of hydrogen-bond acceptors (Lipinski definition) is 5. The molecule has 0 saturated heterocycles. The van der Waals surface area contributed by atoms with E-state index in [-0.39, 0.29) is 35.2 Å². The molecular weight excluding hydrogens is 657 g/mol. The standard InChI is InChI=1S/C36H39Cl2N3O5S/c1-5-20-39-36(43)33(22-27-10-7-6-8-11-27)40(23-29-30(37)12-9-13-31(29)38)35(42)24-41(32-21-26(3)16-19-34(32)46-4)47(44,45)28-17-14-25(2)15-18-28/h6-19,21,33H,5,20,22-24H2,1-4H3,(H,39,43)/t33-/m1/s1. The van der Waals surface area contributed by atoms with Crippen LogP contribution in [0.1, 0.15) is 35.6 Å². The Labute approximate surface area is 287 Å². The first-order chi connectivity index (χ1) is 22.5. The topological polar surface area (TPSA) is 96.0 Å². The second-order valence-corrected chi connectivity index (χ2v) is 13.9. The van der Waals surface area contributed by atoms with E-state index in [1.54, 1.807) is 48.5 Å². The Bertz CT molecular complexity index is 1780. The van der Waals surface area contributed by atoms with Crippen LogP contribution in [0.5, 0.6) is 5.75 Å². The van der Waals surface area contributed by atoms with E-state index in [2.05, 4.69) is 5.32 Å². The van der Waals surface area contributed by atoms with Crippen molar-refractivity contribution < 1.29 is 22.7 Å². The number of nitrogens with zero attached hydrogens (tertiary/aromatic N) is 2. The maximum absolute atomic E-state index is 14.7. The van der Waals surface area contributed by atoms with Gasteiger partial charge in [0.2, 0.25) is 11.8 Å². The number of carbonyl (C=O) groups excluding carboxylic acids is 2. The van der Waals surface area contributed by atoms with Crippen LogP contribution in [0, 0.1) is 13.8 Å². The van der Waals surface area contributed by atoms with Gasteiger partial charge < -0.3 is 15.0 Å². The maximum Gasteiger partial charge on any atom is 0.264 e. The van der Waals surface area contributed by atoms with Gasteiger partial charge >= 0.3 is 0 Å². The fourth-order valence-electron chi connectivity index (χ4n) is 5.12. The summed E-state index contributed by atoms with van der Waals surface area (Å²) in [4.78, 5) is 29.9.